The highest BCUT2D eigenvalue weighted by molar-refractivity contribution is 5.87. The van der Waals surface area contributed by atoms with Crippen LogP contribution in [0.4, 0.5) is 0 Å². The van der Waals surface area contributed by atoms with E-state index in [0.29, 0.717) is 6.42 Å². The molecule has 0 aliphatic rings. The third kappa shape index (κ3) is 2.18. The summed E-state index contributed by atoms with van der Waals surface area (Å²) in [6, 6.07) is 7.94. The van der Waals surface area contributed by atoms with Gasteiger partial charge in [0, 0.05) is 17.6 Å². The Morgan fingerprint density at radius 1 is 1.44 bits per heavy atom. The fourth-order valence-electron chi connectivity index (χ4n) is 2.31. The normalized spacial score (nSPS) is 10.8. The van der Waals surface area contributed by atoms with Crippen molar-refractivity contribution in [3.8, 4) is 5.75 Å². The van der Waals surface area contributed by atoms with E-state index in [-0.39, 0.29) is 6.42 Å². The molecule has 1 N–H and O–H groups in total. The van der Waals surface area contributed by atoms with Gasteiger partial charge in [0.1, 0.15) is 5.75 Å². The topological polar surface area (TPSA) is 51.5 Å². The van der Waals surface area contributed by atoms with E-state index in [9.17, 15) is 4.79 Å². The number of benzene rings is 1. The number of aliphatic carboxylic acids is 1. The van der Waals surface area contributed by atoms with Crippen LogP contribution in [-0.4, -0.2) is 22.8 Å². The molecule has 2 aromatic rings. The standard InChI is InChI=1S/C14H17NO3/c1-3-15-11(7-8-13(16)17)9-10-5-4-6-12(18-2)14(10)15/h4-6,9H,3,7-8H2,1-2H3,(H,16,17). The first-order valence-corrected chi connectivity index (χ1v) is 6.04. The molecule has 96 valence electrons. The quantitative estimate of drug-likeness (QED) is 0.883. The van der Waals surface area contributed by atoms with Gasteiger partial charge in [0.25, 0.3) is 0 Å². The van der Waals surface area contributed by atoms with Gasteiger partial charge in [-0.15, -0.1) is 0 Å². The van der Waals surface area contributed by atoms with E-state index in [0.717, 1.165) is 28.9 Å². The van der Waals surface area contributed by atoms with Gasteiger partial charge in [-0.05, 0) is 25.5 Å². The molecule has 0 fully saturated rings. The highest BCUT2D eigenvalue weighted by Gasteiger charge is 2.12. The second-order valence-electron chi connectivity index (χ2n) is 4.17. The molecule has 0 saturated heterocycles. The molecule has 0 amide bonds. The molecule has 0 bridgehead atoms. The third-order valence-electron chi connectivity index (χ3n) is 3.10. The lowest BCUT2D eigenvalue weighted by Crippen LogP contribution is -2.04. The molecule has 1 heterocycles. The number of carboxylic acids is 1. The zero-order valence-corrected chi connectivity index (χ0v) is 10.6. The Bertz CT molecular complexity index is 572. The predicted molar refractivity (Wildman–Crippen MR) is 70.1 cm³/mol. The van der Waals surface area contributed by atoms with Crippen molar-refractivity contribution in [3.63, 3.8) is 0 Å². The van der Waals surface area contributed by atoms with Crippen LogP contribution in [0.15, 0.2) is 24.3 Å². The summed E-state index contributed by atoms with van der Waals surface area (Å²) in [5.74, 6) is 0.0609. The van der Waals surface area contributed by atoms with Crippen LogP contribution in [0.1, 0.15) is 19.0 Å². The van der Waals surface area contributed by atoms with E-state index < -0.39 is 5.97 Å². The van der Waals surface area contributed by atoms with Gasteiger partial charge in [-0.3, -0.25) is 4.79 Å². The van der Waals surface area contributed by atoms with Gasteiger partial charge in [-0.1, -0.05) is 12.1 Å². The Kier molecular flexibility index (Phi) is 3.55. The summed E-state index contributed by atoms with van der Waals surface area (Å²) >= 11 is 0. The molecule has 0 spiro atoms. The van der Waals surface area contributed by atoms with Gasteiger partial charge in [0.15, 0.2) is 0 Å². The minimum atomic E-state index is -0.769. The smallest absolute Gasteiger partial charge is 0.303 e. The summed E-state index contributed by atoms with van der Waals surface area (Å²) in [6.45, 7) is 2.86. The number of hydrogen-bond acceptors (Lipinski definition) is 2. The Balaban J connectivity index is 2.51. The number of hydrogen-bond donors (Lipinski definition) is 1. The van der Waals surface area contributed by atoms with Gasteiger partial charge in [-0.25, -0.2) is 0 Å². The van der Waals surface area contributed by atoms with E-state index >= 15 is 0 Å². The molecule has 0 aliphatic carbocycles. The van der Waals surface area contributed by atoms with Crippen LogP contribution >= 0.6 is 0 Å². The van der Waals surface area contributed by atoms with E-state index in [2.05, 4.69) is 11.5 Å². The van der Waals surface area contributed by atoms with E-state index in [4.69, 9.17) is 9.84 Å². The monoisotopic (exact) mass is 247 g/mol. The van der Waals surface area contributed by atoms with Crippen LogP contribution in [0, 0.1) is 0 Å². The number of nitrogens with zero attached hydrogens (tertiary/aromatic N) is 1. The number of carboxylic acid groups (broad SMARTS) is 1. The molecule has 0 saturated carbocycles. The number of fused-ring (bicyclic) bond motifs is 1. The lowest BCUT2D eigenvalue weighted by atomic mass is 10.2. The maximum absolute atomic E-state index is 10.7. The zero-order chi connectivity index (χ0) is 13.1. The first-order valence-electron chi connectivity index (χ1n) is 6.04. The molecular weight excluding hydrogens is 230 g/mol. The fourth-order valence-corrected chi connectivity index (χ4v) is 2.31. The first kappa shape index (κ1) is 12.5. The fraction of sp³-hybridized carbons (Fsp3) is 0.357. The number of methoxy groups -OCH3 is 1. The number of ether oxygens (including phenoxy) is 1. The van der Waals surface area contributed by atoms with Gasteiger partial charge in [0.2, 0.25) is 0 Å². The summed E-state index contributed by atoms with van der Waals surface area (Å²) in [6.07, 6.45) is 0.694. The van der Waals surface area contributed by atoms with E-state index in [1.165, 1.54) is 0 Å². The van der Waals surface area contributed by atoms with E-state index in [1.807, 2.05) is 24.3 Å². The predicted octanol–water partition coefficient (Wildman–Crippen LogP) is 2.69. The first-order chi connectivity index (χ1) is 8.67. The molecular formula is C14H17NO3. The lowest BCUT2D eigenvalue weighted by Gasteiger charge is -2.09. The summed E-state index contributed by atoms with van der Waals surface area (Å²) in [4.78, 5) is 10.7. The second kappa shape index (κ2) is 5.12. The average molecular weight is 247 g/mol. The molecule has 4 heteroatoms. The minimum absolute atomic E-state index is 0.151. The molecule has 0 radical (unpaired) electrons. The van der Waals surface area contributed by atoms with Crippen molar-refractivity contribution in [2.75, 3.05) is 7.11 Å². The van der Waals surface area contributed by atoms with Gasteiger partial charge in [0.05, 0.1) is 19.0 Å². The van der Waals surface area contributed by atoms with Gasteiger partial charge < -0.3 is 14.4 Å². The molecule has 1 aromatic heterocycles. The van der Waals surface area contributed by atoms with Crippen LogP contribution < -0.4 is 4.74 Å². The summed E-state index contributed by atoms with van der Waals surface area (Å²) in [7, 11) is 1.65. The van der Waals surface area contributed by atoms with Crippen LogP contribution in [0.25, 0.3) is 10.9 Å². The number of aryl methyl sites for hydroxylation is 2. The molecule has 1 aromatic carbocycles. The number of carbonyl (C=O) groups is 1. The number of para-hydroxylation sites is 1. The van der Waals surface area contributed by atoms with Crippen molar-refractivity contribution in [3.05, 3.63) is 30.0 Å². The highest BCUT2D eigenvalue weighted by Crippen LogP contribution is 2.29. The Morgan fingerprint density at radius 2 is 2.22 bits per heavy atom. The van der Waals surface area contributed by atoms with Crippen molar-refractivity contribution in [1.29, 1.82) is 0 Å². The summed E-state index contributed by atoms with van der Waals surface area (Å²) < 4.78 is 7.49. The van der Waals surface area contributed by atoms with Crippen LogP contribution in [0.5, 0.6) is 5.75 Å². The Morgan fingerprint density at radius 3 is 2.83 bits per heavy atom. The largest absolute Gasteiger partial charge is 0.495 e. The molecule has 0 unspecified atom stereocenters. The lowest BCUT2D eigenvalue weighted by molar-refractivity contribution is -0.136. The SMILES string of the molecule is CCn1c(CCC(=O)O)cc2cccc(OC)c21. The number of aromatic nitrogens is 1. The van der Waals surface area contributed by atoms with Gasteiger partial charge in [-0.2, -0.15) is 0 Å². The van der Waals surface area contributed by atoms with Crippen LogP contribution in [-0.2, 0) is 17.8 Å². The Hall–Kier alpha value is -1.97. The average Bonchev–Trinajstić information content (AvgIpc) is 2.73. The molecule has 0 atom stereocenters. The van der Waals surface area contributed by atoms with E-state index in [1.54, 1.807) is 7.11 Å². The van der Waals surface area contributed by atoms with Crippen molar-refractivity contribution >= 4 is 16.9 Å². The van der Waals surface area contributed by atoms with Crippen LogP contribution in [0.3, 0.4) is 0 Å². The second-order valence-corrected chi connectivity index (χ2v) is 4.17. The van der Waals surface area contributed by atoms with Crippen molar-refractivity contribution in [2.45, 2.75) is 26.3 Å². The molecule has 2 rings (SSSR count). The number of rotatable bonds is 5. The molecule has 0 aliphatic heterocycles. The molecule has 4 nitrogen and oxygen atoms in total. The third-order valence-corrected chi connectivity index (χ3v) is 3.10. The van der Waals surface area contributed by atoms with Crippen molar-refractivity contribution < 1.29 is 14.6 Å². The summed E-state index contributed by atoms with van der Waals surface area (Å²) in [5, 5.41) is 9.87. The maximum atomic E-state index is 10.7. The van der Waals surface area contributed by atoms with Crippen molar-refractivity contribution in [2.24, 2.45) is 0 Å². The minimum Gasteiger partial charge on any atom is -0.495 e. The highest BCUT2D eigenvalue weighted by atomic mass is 16.5. The molecule has 18 heavy (non-hydrogen) atoms. The maximum Gasteiger partial charge on any atom is 0.303 e. The zero-order valence-electron chi connectivity index (χ0n) is 10.6. The Labute approximate surface area is 106 Å². The van der Waals surface area contributed by atoms with Gasteiger partial charge >= 0.3 is 5.97 Å². The van der Waals surface area contributed by atoms with Crippen LogP contribution in [0.2, 0.25) is 0 Å². The van der Waals surface area contributed by atoms with Crippen molar-refractivity contribution in [1.82, 2.24) is 4.57 Å². The summed E-state index contributed by atoms with van der Waals surface area (Å²) in [5.41, 5.74) is 2.09.